The van der Waals surface area contributed by atoms with Gasteiger partial charge in [-0.15, -0.1) is 11.3 Å². The van der Waals surface area contributed by atoms with Crippen LogP contribution < -0.4 is 0 Å². The maximum Gasteiger partial charge on any atom is 0.167 e. The lowest BCUT2D eigenvalue weighted by Crippen LogP contribution is -2.14. The molecule has 0 unspecified atom stereocenters. The SMILES string of the molecule is CCCC(CCC)C(=O)c1cc(Br)sc1C. The van der Waals surface area contributed by atoms with Crippen LogP contribution in [0.15, 0.2) is 9.85 Å². The largest absolute Gasteiger partial charge is 0.294 e. The molecule has 0 amide bonds. The monoisotopic (exact) mass is 302 g/mol. The van der Waals surface area contributed by atoms with Crippen LogP contribution in [0.4, 0.5) is 0 Å². The van der Waals surface area contributed by atoms with Gasteiger partial charge in [-0.1, -0.05) is 26.7 Å². The number of carbonyl (C=O) groups excluding carboxylic acids is 1. The molecule has 0 bridgehead atoms. The van der Waals surface area contributed by atoms with Crippen LogP contribution in [0.5, 0.6) is 0 Å². The first-order chi connectivity index (χ1) is 7.60. The molecule has 0 atom stereocenters. The molecule has 0 aliphatic heterocycles. The molecule has 1 nitrogen and oxygen atoms in total. The summed E-state index contributed by atoms with van der Waals surface area (Å²) in [6.45, 7) is 6.32. The van der Waals surface area contributed by atoms with Crippen molar-refractivity contribution < 1.29 is 4.79 Å². The second-order valence-corrected chi connectivity index (χ2v) is 6.79. The molecular weight excluding hydrogens is 284 g/mol. The van der Waals surface area contributed by atoms with Gasteiger partial charge < -0.3 is 0 Å². The summed E-state index contributed by atoms with van der Waals surface area (Å²) in [4.78, 5) is 13.5. The molecule has 0 spiro atoms. The summed E-state index contributed by atoms with van der Waals surface area (Å²) in [7, 11) is 0. The van der Waals surface area contributed by atoms with Gasteiger partial charge in [0.2, 0.25) is 0 Å². The van der Waals surface area contributed by atoms with Gasteiger partial charge in [-0.05, 0) is 41.8 Å². The molecule has 0 saturated heterocycles. The lowest BCUT2D eigenvalue weighted by molar-refractivity contribution is 0.0905. The van der Waals surface area contributed by atoms with Crippen molar-refractivity contribution in [2.75, 3.05) is 0 Å². The number of rotatable bonds is 6. The van der Waals surface area contributed by atoms with Crippen LogP contribution in [0.3, 0.4) is 0 Å². The van der Waals surface area contributed by atoms with Gasteiger partial charge in [0, 0.05) is 16.4 Å². The third-order valence-corrected chi connectivity index (χ3v) is 4.35. The van der Waals surface area contributed by atoms with Gasteiger partial charge in [0.05, 0.1) is 3.79 Å². The summed E-state index contributed by atoms with van der Waals surface area (Å²) in [5.74, 6) is 0.554. The Labute approximate surface area is 110 Å². The van der Waals surface area contributed by atoms with Crippen LogP contribution in [-0.4, -0.2) is 5.78 Å². The second-order valence-electron chi connectivity index (χ2n) is 4.16. The summed E-state index contributed by atoms with van der Waals surface area (Å²) in [6, 6.07) is 1.97. The highest BCUT2D eigenvalue weighted by Crippen LogP contribution is 2.30. The first-order valence-electron chi connectivity index (χ1n) is 5.90. The van der Waals surface area contributed by atoms with Crippen molar-refractivity contribution in [3.8, 4) is 0 Å². The average Bonchev–Trinajstić information content (AvgIpc) is 2.56. The normalized spacial score (nSPS) is 11.1. The van der Waals surface area contributed by atoms with E-state index in [1.807, 2.05) is 13.0 Å². The molecule has 0 radical (unpaired) electrons. The van der Waals surface area contributed by atoms with Gasteiger partial charge in [0.15, 0.2) is 5.78 Å². The quantitative estimate of drug-likeness (QED) is 0.659. The van der Waals surface area contributed by atoms with Crippen molar-refractivity contribution in [3.05, 3.63) is 20.3 Å². The van der Waals surface area contributed by atoms with E-state index in [4.69, 9.17) is 0 Å². The van der Waals surface area contributed by atoms with Crippen molar-refractivity contribution >= 4 is 33.0 Å². The Morgan fingerprint density at radius 3 is 2.31 bits per heavy atom. The molecule has 0 aliphatic rings. The number of hydrogen-bond acceptors (Lipinski definition) is 2. The molecule has 0 aliphatic carbocycles. The number of halogens is 1. The lowest BCUT2D eigenvalue weighted by atomic mass is 9.90. The predicted molar refractivity (Wildman–Crippen MR) is 74.4 cm³/mol. The van der Waals surface area contributed by atoms with Crippen LogP contribution in [0.2, 0.25) is 0 Å². The first kappa shape index (κ1) is 13.9. The minimum Gasteiger partial charge on any atom is -0.294 e. The molecule has 1 rings (SSSR count). The Morgan fingerprint density at radius 1 is 1.38 bits per heavy atom. The highest BCUT2D eigenvalue weighted by atomic mass is 79.9. The van der Waals surface area contributed by atoms with Crippen LogP contribution >= 0.6 is 27.3 Å². The first-order valence-corrected chi connectivity index (χ1v) is 7.51. The smallest absolute Gasteiger partial charge is 0.167 e. The Hall–Kier alpha value is -0.150. The molecule has 3 heteroatoms. The molecule has 0 fully saturated rings. The van der Waals surface area contributed by atoms with Gasteiger partial charge in [0.1, 0.15) is 0 Å². The van der Waals surface area contributed by atoms with E-state index in [2.05, 4.69) is 29.8 Å². The average molecular weight is 303 g/mol. The number of ketones is 1. The fraction of sp³-hybridized carbons (Fsp3) is 0.615. The highest BCUT2D eigenvalue weighted by Gasteiger charge is 2.21. The molecule has 16 heavy (non-hydrogen) atoms. The van der Waals surface area contributed by atoms with Crippen molar-refractivity contribution in [3.63, 3.8) is 0 Å². The molecule has 0 N–H and O–H groups in total. The number of Topliss-reactive ketones (excluding diaryl/α,β-unsaturated/α-hetero) is 1. The van der Waals surface area contributed by atoms with E-state index in [9.17, 15) is 4.79 Å². The molecule has 0 aromatic carbocycles. The van der Waals surface area contributed by atoms with E-state index in [0.717, 1.165) is 39.9 Å². The number of aryl methyl sites for hydroxylation is 1. The predicted octanol–water partition coefficient (Wildman–Crippen LogP) is 5.22. The van der Waals surface area contributed by atoms with Gasteiger partial charge in [-0.3, -0.25) is 4.79 Å². The third kappa shape index (κ3) is 3.42. The fourth-order valence-corrected chi connectivity index (χ4v) is 3.71. The van der Waals surface area contributed by atoms with Crippen molar-refractivity contribution in [1.29, 1.82) is 0 Å². The lowest BCUT2D eigenvalue weighted by Gasteiger charge is -2.13. The van der Waals surface area contributed by atoms with E-state index in [1.54, 1.807) is 11.3 Å². The Kier molecular flexibility index (Phi) is 5.70. The van der Waals surface area contributed by atoms with E-state index in [1.165, 1.54) is 0 Å². The highest BCUT2D eigenvalue weighted by molar-refractivity contribution is 9.11. The zero-order valence-electron chi connectivity index (χ0n) is 10.2. The molecule has 1 heterocycles. The molecule has 0 saturated carbocycles. The van der Waals surface area contributed by atoms with Gasteiger partial charge >= 0.3 is 0 Å². The van der Waals surface area contributed by atoms with Crippen LogP contribution in [0, 0.1) is 12.8 Å². The van der Waals surface area contributed by atoms with Crippen LogP contribution in [0.25, 0.3) is 0 Å². The number of thiophene rings is 1. The molecule has 90 valence electrons. The zero-order chi connectivity index (χ0) is 12.1. The van der Waals surface area contributed by atoms with Crippen molar-refractivity contribution in [2.45, 2.75) is 46.5 Å². The van der Waals surface area contributed by atoms with Gasteiger partial charge in [-0.2, -0.15) is 0 Å². The fourth-order valence-electron chi connectivity index (χ4n) is 2.01. The van der Waals surface area contributed by atoms with Gasteiger partial charge in [0.25, 0.3) is 0 Å². The van der Waals surface area contributed by atoms with Crippen LogP contribution in [0.1, 0.15) is 54.8 Å². The van der Waals surface area contributed by atoms with E-state index < -0.39 is 0 Å². The summed E-state index contributed by atoms with van der Waals surface area (Å²) >= 11 is 5.09. The number of carbonyl (C=O) groups is 1. The Balaban J connectivity index is 2.85. The molecule has 1 aromatic rings. The number of hydrogen-bond donors (Lipinski definition) is 0. The van der Waals surface area contributed by atoms with Crippen molar-refractivity contribution in [2.24, 2.45) is 5.92 Å². The second kappa shape index (κ2) is 6.55. The molecule has 1 aromatic heterocycles. The minimum atomic E-state index is 0.218. The summed E-state index contributed by atoms with van der Waals surface area (Å²) < 4.78 is 1.06. The summed E-state index contributed by atoms with van der Waals surface area (Å²) in [5.41, 5.74) is 0.920. The maximum atomic E-state index is 12.3. The molecular formula is C13H19BrOS. The standard InChI is InChI=1S/C13H19BrOS/c1-4-6-10(7-5-2)13(15)11-8-12(14)16-9(11)3/h8,10H,4-7H2,1-3H3. The maximum absolute atomic E-state index is 12.3. The topological polar surface area (TPSA) is 17.1 Å². The third-order valence-electron chi connectivity index (χ3n) is 2.80. The zero-order valence-corrected chi connectivity index (χ0v) is 12.6. The van der Waals surface area contributed by atoms with E-state index in [0.29, 0.717) is 5.78 Å². The van der Waals surface area contributed by atoms with Crippen molar-refractivity contribution in [1.82, 2.24) is 0 Å². The Morgan fingerprint density at radius 2 is 1.94 bits per heavy atom. The Bertz CT molecular complexity index is 351. The van der Waals surface area contributed by atoms with Gasteiger partial charge in [-0.25, -0.2) is 0 Å². The van der Waals surface area contributed by atoms with E-state index >= 15 is 0 Å². The summed E-state index contributed by atoms with van der Waals surface area (Å²) in [6.07, 6.45) is 4.20. The summed E-state index contributed by atoms with van der Waals surface area (Å²) in [5, 5.41) is 0. The minimum absolute atomic E-state index is 0.218. The van der Waals surface area contributed by atoms with E-state index in [-0.39, 0.29) is 5.92 Å². The van der Waals surface area contributed by atoms with Crippen LogP contribution in [-0.2, 0) is 0 Å².